The fourth-order valence-electron chi connectivity index (χ4n) is 2.47. The average Bonchev–Trinajstić information content (AvgIpc) is 3.03. The predicted octanol–water partition coefficient (Wildman–Crippen LogP) is 2.60. The Morgan fingerprint density at radius 2 is 1.96 bits per heavy atom. The van der Waals surface area contributed by atoms with Gasteiger partial charge in [-0.2, -0.15) is 4.98 Å². The monoisotopic (exact) mass is 363 g/mol. The second-order valence-corrected chi connectivity index (χ2v) is 5.98. The first-order chi connectivity index (χ1) is 12.5. The van der Waals surface area contributed by atoms with E-state index >= 15 is 0 Å². The molecule has 0 spiro atoms. The molecule has 0 atom stereocenters. The van der Waals surface area contributed by atoms with Crippen LogP contribution in [0.1, 0.15) is 43.5 Å². The number of aryl methyl sites for hydroxylation is 2. The molecule has 2 rings (SSSR count). The lowest BCUT2D eigenvalue weighted by molar-refractivity contribution is -0.145. The van der Waals surface area contributed by atoms with Gasteiger partial charge < -0.3 is 14.5 Å². The van der Waals surface area contributed by atoms with Crippen molar-refractivity contribution in [2.75, 3.05) is 6.54 Å². The molecule has 0 aliphatic carbocycles. The molecule has 0 radical (unpaired) electrons. The van der Waals surface area contributed by atoms with Crippen LogP contribution in [0.4, 0.5) is 4.39 Å². The van der Waals surface area contributed by atoms with Gasteiger partial charge in [-0.1, -0.05) is 24.2 Å². The second-order valence-electron chi connectivity index (χ2n) is 5.98. The number of benzene rings is 1. The zero-order chi connectivity index (χ0) is 18.9. The van der Waals surface area contributed by atoms with E-state index in [2.05, 4.69) is 10.1 Å². The molecular formula is C18H22FN3O4. The van der Waals surface area contributed by atoms with Gasteiger partial charge in [0.15, 0.2) is 5.82 Å². The Labute approximate surface area is 150 Å². The highest BCUT2D eigenvalue weighted by Gasteiger charge is 2.17. The Bertz CT molecular complexity index is 730. The van der Waals surface area contributed by atoms with Crippen LogP contribution >= 0.6 is 0 Å². The molecule has 1 aromatic heterocycles. The molecular weight excluding hydrogens is 341 g/mol. The third-order valence-corrected chi connectivity index (χ3v) is 3.73. The quantitative estimate of drug-likeness (QED) is 0.697. The van der Waals surface area contributed by atoms with Crippen molar-refractivity contribution in [1.82, 2.24) is 15.0 Å². The van der Waals surface area contributed by atoms with Gasteiger partial charge >= 0.3 is 5.97 Å². The summed E-state index contributed by atoms with van der Waals surface area (Å²) in [4.78, 5) is 28.9. The molecule has 26 heavy (non-hydrogen) atoms. The van der Waals surface area contributed by atoms with Gasteiger partial charge in [0, 0.05) is 25.8 Å². The highest BCUT2D eigenvalue weighted by molar-refractivity contribution is 5.81. The summed E-state index contributed by atoms with van der Waals surface area (Å²) in [5.41, 5.74) is 0.669. The maximum absolute atomic E-state index is 13.0. The maximum atomic E-state index is 13.0. The third-order valence-electron chi connectivity index (χ3n) is 3.73. The van der Waals surface area contributed by atoms with Crippen molar-refractivity contribution in [3.8, 4) is 0 Å². The molecule has 140 valence electrons. The van der Waals surface area contributed by atoms with Crippen molar-refractivity contribution < 1.29 is 23.6 Å². The van der Waals surface area contributed by atoms with Crippen molar-refractivity contribution in [3.05, 3.63) is 47.4 Å². The third kappa shape index (κ3) is 6.27. The molecule has 2 aromatic rings. The second kappa shape index (κ2) is 9.65. The maximum Gasteiger partial charge on any atom is 0.323 e. The van der Waals surface area contributed by atoms with E-state index in [1.807, 2.05) is 6.92 Å². The number of halogens is 1. The summed E-state index contributed by atoms with van der Waals surface area (Å²) >= 11 is 0. The topological polar surface area (TPSA) is 96.5 Å². The molecule has 1 amide bonds. The van der Waals surface area contributed by atoms with Crippen molar-refractivity contribution in [2.24, 2.45) is 0 Å². The van der Waals surface area contributed by atoms with Crippen LogP contribution in [0.25, 0.3) is 0 Å². The van der Waals surface area contributed by atoms with Crippen LogP contribution in [-0.4, -0.2) is 38.6 Å². The standard InChI is InChI=1S/C18H22FN3O4/c1-2-4-15-20-16(26-21-15)5-3-6-17(23)22(12-18(24)25)11-13-7-9-14(19)10-8-13/h7-10H,2-6,11-12H2,1H3,(H,24,25). The van der Waals surface area contributed by atoms with Crippen molar-refractivity contribution in [3.63, 3.8) is 0 Å². The molecule has 0 bridgehead atoms. The van der Waals surface area contributed by atoms with E-state index in [0.717, 1.165) is 12.8 Å². The first-order valence-electron chi connectivity index (χ1n) is 8.53. The van der Waals surface area contributed by atoms with Crippen LogP contribution < -0.4 is 0 Å². The van der Waals surface area contributed by atoms with Gasteiger partial charge in [0.05, 0.1) is 0 Å². The average molecular weight is 363 g/mol. The summed E-state index contributed by atoms with van der Waals surface area (Å²) in [7, 11) is 0. The molecule has 0 aliphatic heterocycles. The SMILES string of the molecule is CCCc1noc(CCCC(=O)N(CC(=O)O)Cc2ccc(F)cc2)n1. The van der Waals surface area contributed by atoms with E-state index in [1.165, 1.54) is 29.2 Å². The van der Waals surface area contributed by atoms with Crippen molar-refractivity contribution in [2.45, 2.75) is 45.6 Å². The van der Waals surface area contributed by atoms with E-state index in [1.54, 1.807) is 0 Å². The number of carboxylic acids is 1. The minimum absolute atomic E-state index is 0.118. The number of nitrogens with zero attached hydrogens (tertiary/aromatic N) is 3. The Balaban J connectivity index is 1.88. The van der Waals surface area contributed by atoms with Gasteiger partial charge in [0.2, 0.25) is 11.8 Å². The molecule has 7 nitrogen and oxygen atoms in total. The number of hydrogen-bond acceptors (Lipinski definition) is 5. The van der Waals surface area contributed by atoms with Gasteiger partial charge in [0.25, 0.3) is 0 Å². The summed E-state index contributed by atoms with van der Waals surface area (Å²) in [6, 6.07) is 5.63. The Morgan fingerprint density at radius 3 is 2.62 bits per heavy atom. The smallest absolute Gasteiger partial charge is 0.323 e. The van der Waals surface area contributed by atoms with Gasteiger partial charge in [-0.15, -0.1) is 0 Å². The number of carboxylic acid groups (broad SMARTS) is 1. The molecule has 8 heteroatoms. The van der Waals surface area contributed by atoms with Gasteiger partial charge in [-0.25, -0.2) is 4.39 Å². The molecule has 0 saturated carbocycles. The number of amides is 1. The van der Waals surface area contributed by atoms with Gasteiger partial charge in [-0.3, -0.25) is 9.59 Å². The van der Waals surface area contributed by atoms with Crippen LogP contribution in [0.15, 0.2) is 28.8 Å². The lowest BCUT2D eigenvalue weighted by atomic mass is 10.1. The van der Waals surface area contributed by atoms with E-state index in [-0.39, 0.29) is 24.7 Å². The van der Waals surface area contributed by atoms with Crippen LogP contribution in [0.3, 0.4) is 0 Å². The molecule has 0 aliphatic rings. The number of hydrogen-bond donors (Lipinski definition) is 1. The largest absolute Gasteiger partial charge is 0.480 e. The first-order valence-corrected chi connectivity index (χ1v) is 8.53. The lowest BCUT2D eigenvalue weighted by Crippen LogP contribution is -2.35. The molecule has 0 saturated heterocycles. The fourth-order valence-corrected chi connectivity index (χ4v) is 2.47. The number of carbonyl (C=O) groups excluding carboxylic acids is 1. The first kappa shape index (κ1) is 19.6. The molecule has 1 heterocycles. The minimum atomic E-state index is -1.10. The van der Waals surface area contributed by atoms with Crippen molar-refractivity contribution in [1.29, 1.82) is 0 Å². The van der Waals surface area contributed by atoms with Crippen LogP contribution in [-0.2, 0) is 29.0 Å². The summed E-state index contributed by atoms with van der Waals surface area (Å²) < 4.78 is 18.1. The summed E-state index contributed by atoms with van der Waals surface area (Å²) in [6.45, 7) is 1.73. The Morgan fingerprint density at radius 1 is 1.23 bits per heavy atom. The molecule has 0 fully saturated rings. The normalized spacial score (nSPS) is 10.7. The summed E-state index contributed by atoms with van der Waals surface area (Å²) in [6.07, 6.45) is 2.77. The van der Waals surface area contributed by atoms with Crippen LogP contribution in [0, 0.1) is 5.82 Å². The minimum Gasteiger partial charge on any atom is -0.480 e. The van der Waals surface area contributed by atoms with Crippen LogP contribution in [0.2, 0.25) is 0 Å². The zero-order valence-electron chi connectivity index (χ0n) is 14.7. The number of aromatic nitrogens is 2. The zero-order valence-corrected chi connectivity index (χ0v) is 14.7. The number of carbonyl (C=O) groups is 2. The lowest BCUT2D eigenvalue weighted by Gasteiger charge is -2.20. The molecule has 1 N–H and O–H groups in total. The van der Waals surface area contributed by atoms with E-state index in [0.29, 0.717) is 30.1 Å². The number of rotatable bonds is 10. The highest BCUT2D eigenvalue weighted by atomic mass is 19.1. The van der Waals surface area contributed by atoms with Crippen LogP contribution in [0.5, 0.6) is 0 Å². The van der Waals surface area contributed by atoms with E-state index in [9.17, 15) is 14.0 Å². The predicted molar refractivity (Wildman–Crippen MR) is 90.7 cm³/mol. The highest BCUT2D eigenvalue weighted by Crippen LogP contribution is 2.11. The van der Waals surface area contributed by atoms with E-state index in [4.69, 9.17) is 9.63 Å². The fraction of sp³-hybridized carbons (Fsp3) is 0.444. The van der Waals surface area contributed by atoms with Gasteiger partial charge in [0.1, 0.15) is 12.4 Å². The van der Waals surface area contributed by atoms with E-state index < -0.39 is 12.5 Å². The molecule has 1 aromatic carbocycles. The Hall–Kier alpha value is -2.77. The summed E-state index contributed by atoms with van der Waals surface area (Å²) in [5.74, 6) is -0.638. The summed E-state index contributed by atoms with van der Waals surface area (Å²) in [5, 5.41) is 12.9. The number of aliphatic carboxylic acids is 1. The Kier molecular flexibility index (Phi) is 7.25. The molecule has 0 unspecified atom stereocenters. The van der Waals surface area contributed by atoms with Crippen molar-refractivity contribution >= 4 is 11.9 Å². The van der Waals surface area contributed by atoms with Gasteiger partial charge in [-0.05, 0) is 30.5 Å².